The zero-order valence-electron chi connectivity index (χ0n) is 20.0. The Labute approximate surface area is 195 Å². The summed E-state index contributed by atoms with van der Waals surface area (Å²) in [4.78, 5) is 15.0. The number of para-hydroxylation sites is 1. The van der Waals surface area contributed by atoms with Crippen LogP contribution in [0.25, 0.3) is 16.6 Å². The lowest BCUT2D eigenvalue weighted by atomic mass is 9.97. The molecule has 1 atom stereocenters. The molecule has 3 aromatic rings. The van der Waals surface area contributed by atoms with Crippen LogP contribution >= 0.6 is 0 Å². The highest BCUT2D eigenvalue weighted by atomic mass is 16.5. The van der Waals surface area contributed by atoms with Crippen molar-refractivity contribution < 1.29 is 9.53 Å². The molecule has 1 fully saturated rings. The van der Waals surface area contributed by atoms with Crippen molar-refractivity contribution in [2.24, 2.45) is 5.92 Å². The molecule has 33 heavy (non-hydrogen) atoms. The largest absolute Gasteiger partial charge is 0.379 e. The minimum absolute atomic E-state index is 0.0692. The molecule has 2 aromatic heterocycles. The van der Waals surface area contributed by atoms with Gasteiger partial charge in [0.1, 0.15) is 5.52 Å². The second kappa shape index (κ2) is 10.3. The SMILES string of the molecule is Cc1nnc(N2CCC[C@@H](C(=O)NCCCOC(C)C)C2)c2nn(-c3ccccc3)c(C)c12. The second-order valence-electron chi connectivity index (χ2n) is 9.01. The van der Waals surface area contributed by atoms with Gasteiger partial charge in [-0.15, -0.1) is 5.10 Å². The number of amides is 1. The van der Waals surface area contributed by atoms with Crippen molar-refractivity contribution in [3.8, 4) is 5.69 Å². The molecule has 0 aliphatic carbocycles. The average Bonchev–Trinajstić information content (AvgIpc) is 3.17. The first-order valence-electron chi connectivity index (χ1n) is 11.9. The Hall–Kier alpha value is -3.00. The number of nitrogens with zero attached hydrogens (tertiary/aromatic N) is 5. The molecule has 0 spiro atoms. The highest BCUT2D eigenvalue weighted by Gasteiger charge is 2.29. The van der Waals surface area contributed by atoms with E-state index in [1.807, 2.05) is 55.8 Å². The lowest BCUT2D eigenvalue weighted by Crippen LogP contribution is -2.43. The fraction of sp³-hybridized carbons (Fsp3) is 0.520. The molecule has 1 N–H and O–H groups in total. The van der Waals surface area contributed by atoms with Gasteiger partial charge < -0.3 is 15.0 Å². The van der Waals surface area contributed by atoms with Crippen molar-refractivity contribution >= 4 is 22.6 Å². The third kappa shape index (κ3) is 5.16. The Morgan fingerprint density at radius 3 is 2.76 bits per heavy atom. The zero-order valence-corrected chi connectivity index (χ0v) is 20.0. The van der Waals surface area contributed by atoms with Crippen molar-refractivity contribution in [2.45, 2.75) is 53.1 Å². The van der Waals surface area contributed by atoms with Gasteiger partial charge in [-0.25, -0.2) is 4.68 Å². The number of hydrogen-bond acceptors (Lipinski definition) is 6. The number of carbonyl (C=O) groups is 1. The fourth-order valence-electron chi connectivity index (χ4n) is 4.48. The number of rotatable bonds is 8. The van der Waals surface area contributed by atoms with E-state index in [1.165, 1.54) is 0 Å². The molecule has 4 rings (SSSR count). The molecule has 8 nitrogen and oxygen atoms in total. The van der Waals surface area contributed by atoms with Crippen molar-refractivity contribution in [1.29, 1.82) is 0 Å². The quantitative estimate of drug-likeness (QED) is 0.528. The Morgan fingerprint density at radius 2 is 2.00 bits per heavy atom. The zero-order chi connectivity index (χ0) is 23.4. The predicted octanol–water partition coefficient (Wildman–Crippen LogP) is 3.58. The molecule has 0 bridgehead atoms. The van der Waals surface area contributed by atoms with Gasteiger partial charge in [0.2, 0.25) is 5.91 Å². The molecule has 1 aliphatic rings. The molecule has 1 aliphatic heterocycles. The Morgan fingerprint density at radius 1 is 1.21 bits per heavy atom. The number of aromatic nitrogens is 4. The van der Waals surface area contributed by atoms with Crippen LogP contribution in [0.3, 0.4) is 0 Å². The van der Waals surface area contributed by atoms with Gasteiger partial charge in [-0.3, -0.25) is 4.79 Å². The van der Waals surface area contributed by atoms with Crippen LogP contribution in [0.4, 0.5) is 5.82 Å². The van der Waals surface area contributed by atoms with Crippen LogP contribution in [-0.2, 0) is 9.53 Å². The summed E-state index contributed by atoms with van der Waals surface area (Å²) in [7, 11) is 0. The second-order valence-corrected chi connectivity index (χ2v) is 9.01. The van der Waals surface area contributed by atoms with E-state index in [-0.39, 0.29) is 17.9 Å². The van der Waals surface area contributed by atoms with Gasteiger partial charge in [0.05, 0.1) is 34.5 Å². The molecule has 3 heterocycles. The number of carbonyl (C=O) groups excluding carboxylic acids is 1. The van der Waals surface area contributed by atoms with Crippen LogP contribution in [0.15, 0.2) is 30.3 Å². The Balaban J connectivity index is 1.51. The maximum Gasteiger partial charge on any atom is 0.224 e. The number of nitrogens with one attached hydrogen (secondary N) is 1. The van der Waals surface area contributed by atoms with Crippen molar-refractivity contribution in [1.82, 2.24) is 25.3 Å². The molecular weight excluding hydrogens is 416 g/mol. The molecule has 1 amide bonds. The van der Waals surface area contributed by atoms with Crippen molar-refractivity contribution in [3.63, 3.8) is 0 Å². The van der Waals surface area contributed by atoms with E-state index >= 15 is 0 Å². The minimum atomic E-state index is -0.0692. The standard InChI is InChI=1S/C25H34N6O2/c1-17(2)33-15-9-13-26-25(32)20-10-8-14-30(16-20)24-23-22(18(3)27-28-24)19(4)31(29-23)21-11-6-5-7-12-21/h5-7,11-12,17,20H,8-10,13-16H2,1-4H3,(H,26,32)/t20-/m1/s1. The maximum atomic E-state index is 12.8. The summed E-state index contributed by atoms with van der Waals surface area (Å²) < 4.78 is 7.51. The number of ether oxygens (including phenoxy) is 1. The van der Waals surface area contributed by atoms with Crippen LogP contribution < -0.4 is 10.2 Å². The molecule has 0 unspecified atom stereocenters. The topological polar surface area (TPSA) is 85.2 Å². The minimum Gasteiger partial charge on any atom is -0.379 e. The van der Waals surface area contributed by atoms with Crippen LogP contribution in [-0.4, -0.2) is 58.2 Å². The van der Waals surface area contributed by atoms with Gasteiger partial charge in [0.15, 0.2) is 5.82 Å². The van der Waals surface area contributed by atoms with Gasteiger partial charge in [-0.1, -0.05) is 18.2 Å². The van der Waals surface area contributed by atoms with E-state index in [0.29, 0.717) is 19.7 Å². The Bertz CT molecular complexity index is 1100. The molecule has 176 valence electrons. The lowest BCUT2D eigenvalue weighted by Gasteiger charge is -2.32. The summed E-state index contributed by atoms with van der Waals surface area (Å²) in [6.07, 6.45) is 2.85. The van der Waals surface area contributed by atoms with Crippen molar-refractivity contribution in [2.75, 3.05) is 31.1 Å². The first-order valence-corrected chi connectivity index (χ1v) is 11.9. The van der Waals surface area contributed by atoms with Gasteiger partial charge >= 0.3 is 0 Å². The summed E-state index contributed by atoms with van der Waals surface area (Å²) in [6.45, 7) is 10.8. The Kier molecular flexibility index (Phi) is 7.23. The smallest absolute Gasteiger partial charge is 0.224 e. The first-order chi connectivity index (χ1) is 16.0. The summed E-state index contributed by atoms with van der Waals surface area (Å²) in [5.74, 6) is 0.794. The van der Waals surface area contributed by atoms with Gasteiger partial charge in [-0.05, 0) is 59.1 Å². The van der Waals surface area contributed by atoms with Gasteiger partial charge in [-0.2, -0.15) is 10.2 Å². The van der Waals surface area contributed by atoms with Crippen molar-refractivity contribution in [3.05, 3.63) is 41.7 Å². The first kappa shape index (κ1) is 23.2. The van der Waals surface area contributed by atoms with E-state index in [4.69, 9.17) is 9.84 Å². The molecule has 1 saturated heterocycles. The number of benzene rings is 1. The third-order valence-electron chi connectivity index (χ3n) is 6.15. The van der Waals surface area contributed by atoms with Crippen LogP contribution in [0.5, 0.6) is 0 Å². The monoisotopic (exact) mass is 450 g/mol. The van der Waals surface area contributed by atoms with E-state index in [0.717, 1.165) is 59.6 Å². The summed E-state index contributed by atoms with van der Waals surface area (Å²) in [5, 5.41) is 18.0. The highest BCUT2D eigenvalue weighted by Crippen LogP contribution is 2.31. The third-order valence-corrected chi connectivity index (χ3v) is 6.15. The number of anilines is 1. The van der Waals surface area contributed by atoms with Crippen LogP contribution in [0.2, 0.25) is 0 Å². The average molecular weight is 451 g/mol. The fourth-order valence-corrected chi connectivity index (χ4v) is 4.48. The van der Waals surface area contributed by atoms with E-state index in [1.54, 1.807) is 0 Å². The summed E-state index contributed by atoms with van der Waals surface area (Å²) in [5.41, 5.74) is 3.76. The number of fused-ring (bicyclic) bond motifs is 1. The summed E-state index contributed by atoms with van der Waals surface area (Å²) >= 11 is 0. The van der Waals surface area contributed by atoms with Gasteiger partial charge in [0, 0.05) is 26.2 Å². The molecule has 1 aromatic carbocycles. The van der Waals surface area contributed by atoms with Crippen LogP contribution in [0.1, 0.15) is 44.5 Å². The van der Waals surface area contributed by atoms with E-state index in [2.05, 4.69) is 27.3 Å². The number of aryl methyl sites for hydroxylation is 2. The van der Waals surface area contributed by atoms with E-state index in [9.17, 15) is 4.79 Å². The molecule has 8 heteroatoms. The summed E-state index contributed by atoms with van der Waals surface area (Å²) in [6, 6.07) is 10.1. The lowest BCUT2D eigenvalue weighted by molar-refractivity contribution is -0.125. The van der Waals surface area contributed by atoms with E-state index < -0.39 is 0 Å². The number of hydrogen-bond donors (Lipinski definition) is 1. The molecule has 0 saturated carbocycles. The maximum absolute atomic E-state index is 12.8. The highest BCUT2D eigenvalue weighted by molar-refractivity contribution is 5.92. The molecule has 0 radical (unpaired) electrons. The molecular formula is C25H34N6O2. The predicted molar refractivity (Wildman–Crippen MR) is 130 cm³/mol. The van der Waals surface area contributed by atoms with Crippen LogP contribution in [0, 0.1) is 19.8 Å². The van der Waals surface area contributed by atoms with Gasteiger partial charge in [0.25, 0.3) is 0 Å². The normalized spacial score (nSPS) is 16.5. The number of piperidine rings is 1.